The molecule has 2 aromatic carbocycles. The summed E-state index contributed by atoms with van der Waals surface area (Å²) >= 11 is 0. The van der Waals surface area contributed by atoms with Crippen LogP contribution in [0.5, 0.6) is 5.75 Å². The van der Waals surface area contributed by atoms with Crippen LogP contribution in [-0.2, 0) is 11.3 Å². The van der Waals surface area contributed by atoms with Crippen molar-refractivity contribution in [2.45, 2.75) is 6.61 Å². The van der Waals surface area contributed by atoms with Gasteiger partial charge in [-0.3, -0.25) is 0 Å². The molecule has 0 aliphatic heterocycles. The summed E-state index contributed by atoms with van der Waals surface area (Å²) in [5.41, 5.74) is 1.56. The highest BCUT2D eigenvalue weighted by Gasteiger charge is 2.10. The average Bonchev–Trinajstić information content (AvgIpc) is 2.52. The van der Waals surface area contributed by atoms with E-state index in [1.165, 1.54) is 18.2 Å². The molecule has 0 aliphatic carbocycles. The van der Waals surface area contributed by atoms with Gasteiger partial charge >= 0.3 is 5.97 Å². The van der Waals surface area contributed by atoms with Crippen molar-refractivity contribution >= 4 is 5.97 Å². The van der Waals surface area contributed by atoms with Crippen LogP contribution in [0.25, 0.3) is 0 Å². The van der Waals surface area contributed by atoms with E-state index in [0.29, 0.717) is 5.56 Å². The second-order valence-corrected chi connectivity index (χ2v) is 4.27. The van der Waals surface area contributed by atoms with Crippen LogP contribution in [0.2, 0.25) is 0 Å². The van der Waals surface area contributed by atoms with E-state index < -0.39 is 5.97 Å². The van der Waals surface area contributed by atoms with Crippen molar-refractivity contribution in [3.63, 3.8) is 0 Å². The highest BCUT2D eigenvalue weighted by atomic mass is 16.5. The Balaban J connectivity index is 2.06. The Morgan fingerprint density at radius 2 is 1.71 bits per heavy atom. The summed E-state index contributed by atoms with van der Waals surface area (Å²) in [7, 11) is 0. The average molecular weight is 278 g/mol. The van der Waals surface area contributed by atoms with Crippen LogP contribution in [-0.4, -0.2) is 11.1 Å². The number of phenols is 1. The first-order chi connectivity index (χ1) is 10.1. The number of aromatic hydroxyl groups is 1. The van der Waals surface area contributed by atoms with E-state index in [1.54, 1.807) is 24.3 Å². The van der Waals surface area contributed by atoms with Crippen molar-refractivity contribution in [3.05, 3.63) is 64.7 Å². The molecule has 5 heteroatoms. The van der Waals surface area contributed by atoms with Gasteiger partial charge in [0.25, 0.3) is 0 Å². The first-order valence-electron chi connectivity index (χ1n) is 6.02. The highest BCUT2D eigenvalue weighted by Crippen LogP contribution is 2.16. The van der Waals surface area contributed by atoms with Crippen LogP contribution >= 0.6 is 0 Å². The number of benzene rings is 2. The Bertz CT molecular complexity index is 753. The van der Waals surface area contributed by atoms with E-state index in [9.17, 15) is 9.90 Å². The third-order valence-corrected chi connectivity index (χ3v) is 2.74. The molecule has 0 amide bonds. The fourth-order valence-corrected chi connectivity index (χ4v) is 1.70. The van der Waals surface area contributed by atoms with Crippen molar-refractivity contribution in [2.75, 3.05) is 0 Å². The number of esters is 1. The van der Waals surface area contributed by atoms with E-state index >= 15 is 0 Å². The van der Waals surface area contributed by atoms with Crippen LogP contribution < -0.4 is 0 Å². The minimum atomic E-state index is -0.633. The van der Waals surface area contributed by atoms with Gasteiger partial charge in [-0.05, 0) is 35.9 Å². The number of ether oxygens (including phenoxy) is 1. The number of nitrogens with zero attached hydrogens (tertiary/aromatic N) is 2. The summed E-state index contributed by atoms with van der Waals surface area (Å²) in [6.45, 7) is 0.0437. The van der Waals surface area contributed by atoms with E-state index in [4.69, 9.17) is 15.3 Å². The number of nitriles is 2. The van der Waals surface area contributed by atoms with Crippen molar-refractivity contribution in [3.8, 4) is 17.9 Å². The number of hydrogen-bond donors (Lipinski definition) is 1. The van der Waals surface area contributed by atoms with Gasteiger partial charge in [-0.1, -0.05) is 12.1 Å². The molecule has 21 heavy (non-hydrogen) atoms. The maximum Gasteiger partial charge on any atom is 0.338 e. The molecule has 0 radical (unpaired) electrons. The summed E-state index contributed by atoms with van der Waals surface area (Å²) in [5, 5.41) is 26.9. The number of carbonyl (C=O) groups excluding carboxylic acids is 1. The molecule has 0 atom stereocenters. The molecule has 102 valence electrons. The van der Waals surface area contributed by atoms with Gasteiger partial charge in [0, 0.05) is 0 Å². The van der Waals surface area contributed by atoms with Gasteiger partial charge < -0.3 is 9.84 Å². The third-order valence-electron chi connectivity index (χ3n) is 2.74. The van der Waals surface area contributed by atoms with Crippen molar-refractivity contribution in [2.24, 2.45) is 0 Å². The minimum absolute atomic E-state index is 0.0437. The van der Waals surface area contributed by atoms with Gasteiger partial charge in [-0.25, -0.2) is 4.79 Å². The fraction of sp³-hybridized carbons (Fsp3) is 0.0625. The highest BCUT2D eigenvalue weighted by molar-refractivity contribution is 5.90. The molecule has 0 aromatic heterocycles. The first-order valence-corrected chi connectivity index (χ1v) is 6.02. The van der Waals surface area contributed by atoms with E-state index in [2.05, 4.69) is 0 Å². The number of phenolic OH excluding ortho intramolecular Hbond substituents is 1. The molecular formula is C16H10N2O3. The van der Waals surface area contributed by atoms with Crippen LogP contribution in [0.3, 0.4) is 0 Å². The normalized spacial score (nSPS) is 9.43. The Hall–Kier alpha value is -3.31. The minimum Gasteiger partial charge on any atom is -0.508 e. The lowest BCUT2D eigenvalue weighted by Gasteiger charge is -2.06. The summed E-state index contributed by atoms with van der Waals surface area (Å²) < 4.78 is 5.10. The second-order valence-electron chi connectivity index (χ2n) is 4.27. The van der Waals surface area contributed by atoms with Crippen LogP contribution in [0.1, 0.15) is 27.0 Å². The standard InChI is InChI=1S/C16H10N2O3/c17-8-11-1-3-12(4-2-11)10-21-16(20)14-5-13(9-18)6-15(19)7-14/h1-7,19H,10H2. The summed E-state index contributed by atoms with van der Waals surface area (Å²) in [4.78, 5) is 11.9. The van der Waals surface area contributed by atoms with Gasteiger partial charge in [0.15, 0.2) is 0 Å². The van der Waals surface area contributed by atoms with Gasteiger partial charge in [-0.15, -0.1) is 0 Å². The molecule has 0 spiro atoms. The predicted octanol–water partition coefficient (Wildman–Crippen LogP) is 2.49. The lowest BCUT2D eigenvalue weighted by atomic mass is 10.1. The van der Waals surface area contributed by atoms with Gasteiger partial charge in [0.1, 0.15) is 12.4 Å². The van der Waals surface area contributed by atoms with E-state index in [0.717, 1.165) is 5.56 Å². The Labute approximate surface area is 121 Å². The maximum atomic E-state index is 11.9. The van der Waals surface area contributed by atoms with E-state index in [1.807, 2.05) is 12.1 Å². The van der Waals surface area contributed by atoms with Crippen molar-refractivity contribution in [1.82, 2.24) is 0 Å². The SMILES string of the molecule is N#Cc1ccc(COC(=O)c2cc(O)cc(C#N)c2)cc1. The topological polar surface area (TPSA) is 94.1 Å². The molecule has 0 bridgehead atoms. The predicted molar refractivity (Wildman–Crippen MR) is 73.1 cm³/mol. The zero-order valence-electron chi connectivity index (χ0n) is 10.9. The van der Waals surface area contributed by atoms with Crippen LogP contribution in [0.4, 0.5) is 0 Å². The molecule has 0 unspecified atom stereocenters. The summed E-state index contributed by atoms with van der Waals surface area (Å²) in [5.74, 6) is -0.800. The zero-order chi connectivity index (χ0) is 15.2. The molecule has 0 aliphatic rings. The first kappa shape index (κ1) is 14.1. The molecule has 0 saturated heterocycles. The summed E-state index contributed by atoms with van der Waals surface area (Å²) in [6, 6.07) is 14.3. The van der Waals surface area contributed by atoms with Crippen molar-refractivity contribution in [1.29, 1.82) is 10.5 Å². The van der Waals surface area contributed by atoms with Crippen LogP contribution in [0.15, 0.2) is 42.5 Å². The van der Waals surface area contributed by atoms with Crippen molar-refractivity contribution < 1.29 is 14.6 Å². The quantitative estimate of drug-likeness (QED) is 0.870. The Morgan fingerprint density at radius 1 is 1.05 bits per heavy atom. The number of rotatable bonds is 3. The largest absolute Gasteiger partial charge is 0.508 e. The smallest absolute Gasteiger partial charge is 0.338 e. The molecule has 0 saturated carbocycles. The van der Waals surface area contributed by atoms with Crippen LogP contribution in [0, 0.1) is 22.7 Å². The molecular weight excluding hydrogens is 268 g/mol. The van der Waals surface area contributed by atoms with E-state index in [-0.39, 0.29) is 23.5 Å². The number of carbonyl (C=O) groups is 1. The Morgan fingerprint density at radius 3 is 2.33 bits per heavy atom. The maximum absolute atomic E-state index is 11.9. The third kappa shape index (κ3) is 3.59. The molecule has 1 N–H and O–H groups in total. The Kier molecular flexibility index (Phi) is 4.18. The zero-order valence-corrected chi connectivity index (χ0v) is 10.9. The summed E-state index contributed by atoms with van der Waals surface area (Å²) in [6.07, 6.45) is 0. The monoisotopic (exact) mass is 278 g/mol. The molecule has 0 heterocycles. The molecule has 2 rings (SSSR count). The lowest BCUT2D eigenvalue weighted by molar-refractivity contribution is 0.0472. The van der Waals surface area contributed by atoms with Gasteiger partial charge in [0.2, 0.25) is 0 Å². The molecule has 5 nitrogen and oxygen atoms in total. The fourth-order valence-electron chi connectivity index (χ4n) is 1.70. The lowest BCUT2D eigenvalue weighted by Crippen LogP contribution is -2.05. The molecule has 0 fully saturated rings. The van der Waals surface area contributed by atoms with Gasteiger partial charge in [0.05, 0.1) is 28.8 Å². The second kappa shape index (κ2) is 6.23. The molecule has 2 aromatic rings. The van der Waals surface area contributed by atoms with Gasteiger partial charge in [-0.2, -0.15) is 10.5 Å². The number of hydrogen-bond acceptors (Lipinski definition) is 5.